The molecule has 18 heavy (non-hydrogen) atoms. The molecule has 0 spiro atoms. The number of benzene rings is 1. The van der Waals surface area contributed by atoms with Gasteiger partial charge in [-0.1, -0.05) is 30.4 Å². The molecule has 3 rings (SSSR count). The average Bonchev–Trinajstić information content (AvgIpc) is 2.97. The molecule has 3 nitrogen and oxygen atoms in total. The van der Waals surface area contributed by atoms with Gasteiger partial charge in [-0.25, -0.2) is 0 Å². The van der Waals surface area contributed by atoms with Crippen molar-refractivity contribution >= 4 is 0 Å². The van der Waals surface area contributed by atoms with Crippen LogP contribution in [0.1, 0.15) is 11.5 Å². The van der Waals surface area contributed by atoms with Gasteiger partial charge in [-0.2, -0.15) is 0 Å². The molecule has 0 atom stereocenters. The molecule has 3 N–H and O–H groups in total. The standard InChI is InChI=1S/C15H14O2.H3N/c1-16-12-7-8-13(14(9-12)17-2)15-10-3-4-11(15)6-5-10;/h3-9,15H,1-2H3;1H3. The maximum absolute atomic E-state index is 5.46. The molecule has 0 fully saturated rings. The van der Waals surface area contributed by atoms with Crippen LogP contribution < -0.4 is 15.6 Å². The molecular formula is C15H17NO2. The number of allylic oxidation sites excluding steroid dienone is 6. The first-order valence-corrected chi connectivity index (χ1v) is 5.65. The van der Waals surface area contributed by atoms with Gasteiger partial charge in [0.15, 0.2) is 0 Å². The second-order valence-corrected chi connectivity index (χ2v) is 4.21. The van der Waals surface area contributed by atoms with Crippen molar-refractivity contribution < 1.29 is 9.47 Å². The number of fused-ring (bicyclic) bond motifs is 2. The average molecular weight is 243 g/mol. The van der Waals surface area contributed by atoms with Crippen molar-refractivity contribution in [1.29, 1.82) is 0 Å². The predicted molar refractivity (Wildman–Crippen MR) is 72.6 cm³/mol. The summed E-state index contributed by atoms with van der Waals surface area (Å²) in [6, 6.07) is 6.01. The highest BCUT2D eigenvalue weighted by Gasteiger charge is 2.28. The first kappa shape index (κ1) is 12.5. The second kappa shape index (κ2) is 4.70. The molecule has 1 aromatic rings. The Labute approximate surface area is 107 Å². The minimum Gasteiger partial charge on any atom is -0.497 e. The van der Waals surface area contributed by atoms with E-state index in [1.807, 2.05) is 12.1 Å². The lowest BCUT2D eigenvalue weighted by Gasteiger charge is -2.16. The Hall–Kier alpha value is -2.00. The maximum atomic E-state index is 5.46. The van der Waals surface area contributed by atoms with Crippen molar-refractivity contribution in [2.24, 2.45) is 0 Å². The first-order valence-electron chi connectivity index (χ1n) is 5.65. The van der Waals surface area contributed by atoms with Crippen LogP contribution in [0.15, 0.2) is 53.6 Å². The zero-order chi connectivity index (χ0) is 11.8. The number of hydrogen-bond donors (Lipinski definition) is 1. The van der Waals surface area contributed by atoms with Crippen LogP contribution in [0.4, 0.5) is 0 Å². The molecule has 0 radical (unpaired) electrons. The monoisotopic (exact) mass is 243 g/mol. The van der Waals surface area contributed by atoms with Crippen LogP contribution in [0.25, 0.3) is 0 Å². The molecule has 2 bridgehead atoms. The Morgan fingerprint density at radius 2 is 1.61 bits per heavy atom. The van der Waals surface area contributed by atoms with E-state index < -0.39 is 0 Å². The fourth-order valence-corrected chi connectivity index (χ4v) is 2.49. The van der Waals surface area contributed by atoms with Crippen LogP contribution in [-0.2, 0) is 0 Å². The Bertz CT molecular complexity index is 534. The lowest BCUT2D eigenvalue weighted by atomic mass is 9.92. The molecule has 0 amide bonds. The van der Waals surface area contributed by atoms with Gasteiger partial charge in [0.1, 0.15) is 11.5 Å². The zero-order valence-corrected chi connectivity index (χ0v) is 10.6. The van der Waals surface area contributed by atoms with E-state index in [9.17, 15) is 0 Å². The fraction of sp³-hybridized carbons (Fsp3) is 0.200. The zero-order valence-electron chi connectivity index (χ0n) is 10.6. The van der Waals surface area contributed by atoms with E-state index in [-0.39, 0.29) is 6.15 Å². The van der Waals surface area contributed by atoms with Gasteiger partial charge >= 0.3 is 0 Å². The van der Waals surface area contributed by atoms with Crippen molar-refractivity contribution in [3.05, 3.63) is 59.2 Å². The fourth-order valence-electron chi connectivity index (χ4n) is 2.49. The second-order valence-electron chi connectivity index (χ2n) is 4.21. The minimum atomic E-state index is 0. The topological polar surface area (TPSA) is 53.5 Å². The Morgan fingerprint density at radius 1 is 0.944 bits per heavy atom. The van der Waals surface area contributed by atoms with E-state index in [1.165, 1.54) is 16.7 Å². The molecule has 2 aliphatic rings. The molecule has 0 saturated carbocycles. The Kier molecular flexibility index (Phi) is 3.26. The van der Waals surface area contributed by atoms with E-state index in [0.717, 1.165) is 11.5 Å². The van der Waals surface area contributed by atoms with Crippen molar-refractivity contribution in [2.75, 3.05) is 14.2 Å². The van der Waals surface area contributed by atoms with E-state index in [0.29, 0.717) is 5.92 Å². The summed E-state index contributed by atoms with van der Waals surface area (Å²) in [4.78, 5) is 0. The molecule has 0 aromatic heterocycles. The Balaban J connectivity index is 0.00000120. The van der Waals surface area contributed by atoms with E-state index >= 15 is 0 Å². The summed E-state index contributed by atoms with van der Waals surface area (Å²) in [5.74, 6) is 2.06. The molecule has 2 aliphatic carbocycles. The molecule has 0 aliphatic heterocycles. The maximum Gasteiger partial charge on any atom is 0.126 e. The molecule has 94 valence electrons. The van der Waals surface area contributed by atoms with Crippen molar-refractivity contribution in [3.63, 3.8) is 0 Å². The van der Waals surface area contributed by atoms with Crippen molar-refractivity contribution in [3.8, 4) is 11.5 Å². The number of ether oxygens (including phenoxy) is 2. The van der Waals surface area contributed by atoms with Gasteiger partial charge in [-0.3, -0.25) is 0 Å². The summed E-state index contributed by atoms with van der Waals surface area (Å²) in [5, 5.41) is 0. The quantitative estimate of drug-likeness (QED) is 0.885. The largest absolute Gasteiger partial charge is 0.497 e. The molecule has 0 unspecified atom stereocenters. The predicted octanol–water partition coefficient (Wildman–Crippen LogP) is 3.39. The third-order valence-corrected chi connectivity index (χ3v) is 3.35. The normalized spacial score (nSPS) is 16.1. The van der Waals surface area contributed by atoms with Crippen LogP contribution in [-0.4, -0.2) is 14.2 Å². The third kappa shape index (κ3) is 1.73. The van der Waals surface area contributed by atoms with Gasteiger partial charge in [0, 0.05) is 17.5 Å². The SMILES string of the molecule is COc1ccc(C2C3=CC=C2C=C3)c(OC)c1.N. The van der Waals surface area contributed by atoms with Crippen molar-refractivity contribution in [1.82, 2.24) is 6.15 Å². The van der Waals surface area contributed by atoms with E-state index in [4.69, 9.17) is 9.47 Å². The molecule has 0 heterocycles. The summed E-state index contributed by atoms with van der Waals surface area (Å²) in [6.07, 6.45) is 8.68. The van der Waals surface area contributed by atoms with Gasteiger partial charge in [0.05, 0.1) is 14.2 Å². The van der Waals surface area contributed by atoms with Gasteiger partial charge in [0.2, 0.25) is 0 Å². The number of hydrogen-bond acceptors (Lipinski definition) is 3. The summed E-state index contributed by atoms with van der Waals surface area (Å²) >= 11 is 0. The van der Waals surface area contributed by atoms with Gasteiger partial charge in [-0.15, -0.1) is 0 Å². The van der Waals surface area contributed by atoms with Gasteiger partial charge in [-0.05, 0) is 17.2 Å². The van der Waals surface area contributed by atoms with Crippen LogP contribution in [0.3, 0.4) is 0 Å². The van der Waals surface area contributed by atoms with E-state index in [2.05, 4.69) is 30.4 Å². The Morgan fingerprint density at radius 3 is 2.11 bits per heavy atom. The van der Waals surface area contributed by atoms with Gasteiger partial charge < -0.3 is 15.6 Å². The van der Waals surface area contributed by atoms with Crippen LogP contribution in [0.5, 0.6) is 11.5 Å². The smallest absolute Gasteiger partial charge is 0.126 e. The molecule has 3 heteroatoms. The number of rotatable bonds is 3. The summed E-state index contributed by atoms with van der Waals surface area (Å²) in [6.45, 7) is 0. The minimum absolute atomic E-state index is 0. The van der Waals surface area contributed by atoms with E-state index in [1.54, 1.807) is 14.2 Å². The van der Waals surface area contributed by atoms with Crippen LogP contribution in [0, 0.1) is 0 Å². The van der Waals surface area contributed by atoms with Crippen LogP contribution in [0.2, 0.25) is 0 Å². The highest BCUT2D eigenvalue weighted by atomic mass is 16.5. The summed E-state index contributed by atoms with van der Waals surface area (Å²) in [5.41, 5.74) is 3.88. The molecule has 0 saturated heterocycles. The third-order valence-electron chi connectivity index (χ3n) is 3.35. The highest BCUT2D eigenvalue weighted by Crippen LogP contribution is 2.46. The summed E-state index contributed by atoms with van der Waals surface area (Å²) in [7, 11) is 3.37. The molecule has 1 aromatic carbocycles. The van der Waals surface area contributed by atoms with Crippen molar-refractivity contribution in [2.45, 2.75) is 5.92 Å². The van der Waals surface area contributed by atoms with Crippen LogP contribution >= 0.6 is 0 Å². The lowest BCUT2D eigenvalue weighted by molar-refractivity contribution is 0.391. The first-order chi connectivity index (χ1) is 8.33. The lowest BCUT2D eigenvalue weighted by Crippen LogP contribution is -2.00. The molecular weight excluding hydrogens is 226 g/mol. The summed E-state index contributed by atoms with van der Waals surface area (Å²) < 4.78 is 10.7. The number of methoxy groups -OCH3 is 2. The highest BCUT2D eigenvalue weighted by molar-refractivity contribution is 5.63. The van der Waals surface area contributed by atoms with Gasteiger partial charge in [0.25, 0.3) is 0 Å².